The zero-order valence-corrected chi connectivity index (χ0v) is 19.0. The number of carbonyl (C=O) groups excluding carboxylic acids is 1. The minimum absolute atomic E-state index is 0.00873. The molecule has 5 heteroatoms. The van der Waals surface area contributed by atoms with Crippen LogP contribution in [0, 0.1) is 0 Å². The first-order valence-corrected chi connectivity index (χ1v) is 11.8. The third kappa shape index (κ3) is 4.02. The number of nitrogens with one attached hydrogen (secondary N) is 1. The van der Waals surface area contributed by atoms with Crippen LogP contribution in [0.2, 0.25) is 0 Å². The lowest BCUT2D eigenvalue weighted by molar-refractivity contribution is 0.0965. The van der Waals surface area contributed by atoms with Crippen LogP contribution >= 0.6 is 0 Å². The summed E-state index contributed by atoms with van der Waals surface area (Å²) in [5.74, 6) is 1.64. The van der Waals surface area contributed by atoms with Crippen LogP contribution in [0.5, 0.6) is 11.5 Å². The highest BCUT2D eigenvalue weighted by Gasteiger charge is 2.37. The predicted octanol–water partition coefficient (Wildman–Crippen LogP) is 4.81. The average Bonchev–Trinajstić information content (AvgIpc) is 3.32. The van der Waals surface area contributed by atoms with Crippen LogP contribution in [0.4, 0.5) is 0 Å². The van der Waals surface area contributed by atoms with Crippen molar-refractivity contribution in [2.24, 2.45) is 0 Å². The second-order valence-corrected chi connectivity index (χ2v) is 9.13. The predicted molar refractivity (Wildman–Crippen MR) is 126 cm³/mol. The number of fused-ring (bicyclic) bond motifs is 3. The van der Waals surface area contributed by atoms with Gasteiger partial charge in [-0.05, 0) is 85.2 Å². The number of hydrogen-bond donors (Lipinski definition) is 1. The Balaban J connectivity index is 1.43. The number of amides is 1. The van der Waals surface area contributed by atoms with Crippen molar-refractivity contribution < 1.29 is 14.3 Å². The van der Waals surface area contributed by atoms with Gasteiger partial charge in [-0.2, -0.15) is 0 Å². The summed E-state index contributed by atoms with van der Waals surface area (Å²) in [5.41, 5.74) is 5.85. The molecule has 2 aromatic carbocycles. The molecule has 0 radical (unpaired) electrons. The first-order chi connectivity index (χ1) is 15.7. The second kappa shape index (κ2) is 8.99. The van der Waals surface area contributed by atoms with Gasteiger partial charge < -0.3 is 14.8 Å². The molecule has 2 aromatic rings. The fourth-order valence-electron chi connectivity index (χ4n) is 5.58. The zero-order chi connectivity index (χ0) is 22.1. The molecular formula is C27H32N2O3. The van der Waals surface area contributed by atoms with Gasteiger partial charge in [-0.25, -0.2) is 0 Å². The van der Waals surface area contributed by atoms with E-state index in [0.29, 0.717) is 25.2 Å². The van der Waals surface area contributed by atoms with Gasteiger partial charge in [0, 0.05) is 24.2 Å². The lowest BCUT2D eigenvalue weighted by Gasteiger charge is -2.27. The number of ether oxygens (including phenoxy) is 2. The molecule has 2 bridgehead atoms. The van der Waals surface area contributed by atoms with Crippen LogP contribution in [-0.2, 0) is 6.54 Å². The lowest BCUT2D eigenvalue weighted by Crippen LogP contribution is -2.35. The highest BCUT2D eigenvalue weighted by atomic mass is 16.5. The maximum atomic E-state index is 12.1. The minimum Gasteiger partial charge on any atom is -0.497 e. The molecule has 1 saturated heterocycles. The van der Waals surface area contributed by atoms with E-state index in [1.54, 1.807) is 7.11 Å². The largest absolute Gasteiger partial charge is 0.497 e. The highest BCUT2D eigenvalue weighted by molar-refractivity contribution is 5.98. The van der Waals surface area contributed by atoms with E-state index in [0.717, 1.165) is 35.5 Å². The summed E-state index contributed by atoms with van der Waals surface area (Å²) in [4.78, 5) is 14.8. The Hall–Kier alpha value is -2.79. The number of methoxy groups -OCH3 is 1. The van der Waals surface area contributed by atoms with Crippen LogP contribution in [0.1, 0.15) is 60.5 Å². The molecule has 0 saturated carbocycles. The number of rotatable bonds is 7. The second-order valence-electron chi connectivity index (χ2n) is 9.13. The third-order valence-corrected chi connectivity index (χ3v) is 7.22. The number of hydrogen-bond acceptors (Lipinski definition) is 4. The molecule has 1 fully saturated rings. The van der Waals surface area contributed by atoms with Crippen molar-refractivity contribution in [1.29, 1.82) is 0 Å². The number of benzene rings is 2. The molecule has 5 rings (SSSR count). The quantitative estimate of drug-likeness (QED) is 0.682. The number of carbonyl (C=O) groups is 1. The summed E-state index contributed by atoms with van der Waals surface area (Å²) in [5, 5.41) is 2.88. The molecule has 0 aromatic heterocycles. The molecule has 3 aliphatic heterocycles. The molecule has 3 aliphatic rings. The van der Waals surface area contributed by atoms with Crippen molar-refractivity contribution in [2.45, 2.75) is 57.7 Å². The molecular weight excluding hydrogens is 400 g/mol. The van der Waals surface area contributed by atoms with Crippen LogP contribution < -0.4 is 14.8 Å². The maximum absolute atomic E-state index is 12.1. The summed E-state index contributed by atoms with van der Waals surface area (Å²) in [6.45, 7) is 4.61. The Morgan fingerprint density at radius 1 is 1.03 bits per heavy atom. The maximum Gasteiger partial charge on any atom is 0.252 e. The number of nitrogens with zero attached hydrogens (tertiary/aromatic N) is 1. The Morgan fingerprint density at radius 2 is 1.78 bits per heavy atom. The van der Waals surface area contributed by atoms with E-state index < -0.39 is 0 Å². The van der Waals surface area contributed by atoms with Crippen molar-refractivity contribution in [3.8, 4) is 11.5 Å². The van der Waals surface area contributed by atoms with Gasteiger partial charge in [0.2, 0.25) is 0 Å². The van der Waals surface area contributed by atoms with Crippen molar-refractivity contribution >= 4 is 11.5 Å². The molecule has 0 spiro atoms. The van der Waals surface area contributed by atoms with Crippen molar-refractivity contribution in [3.63, 3.8) is 0 Å². The monoisotopic (exact) mass is 432 g/mol. The third-order valence-electron chi connectivity index (χ3n) is 7.22. The first-order valence-electron chi connectivity index (χ1n) is 11.8. The van der Waals surface area contributed by atoms with E-state index in [1.807, 2.05) is 30.3 Å². The summed E-state index contributed by atoms with van der Waals surface area (Å²) in [6, 6.07) is 15.5. The Morgan fingerprint density at radius 3 is 2.53 bits per heavy atom. The fraction of sp³-hybridized carbons (Fsp3) is 0.444. The summed E-state index contributed by atoms with van der Waals surface area (Å²) >= 11 is 0. The van der Waals surface area contributed by atoms with E-state index in [1.165, 1.54) is 42.5 Å². The molecule has 2 atom stereocenters. The Bertz CT molecular complexity index is 1030. The molecule has 1 N–H and O–H groups in total. The average molecular weight is 433 g/mol. The molecule has 1 amide bonds. The van der Waals surface area contributed by atoms with Gasteiger partial charge in [0.05, 0.1) is 7.11 Å². The van der Waals surface area contributed by atoms with E-state index in [2.05, 4.69) is 29.3 Å². The normalized spacial score (nSPS) is 22.5. The smallest absolute Gasteiger partial charge is 0.252 e. The molecule has 32 heavy (non-hydrogen) atoms. The van der Waals surface area contributed by atoms with Gasteiger partial charge in [-0.3, -0.25) is 9.69 Å². The zero-order valence-electron chi connectivity index (χ0n) is 19.0. The van der Waals surface area contributed by atoms with Crippen LogP contribution in [-0.4, -0.2) is 43.2 Å². The van der Waals surface area contributed by atoms with Crippen molar-refractivity contribution in [2.75, 3.05) is 20.3 Å². The highest BCUT2D eigenvalue weighted by Crippen LogP contribution is 2.41. The van der Waals surface area contributed by atoms with E-state index in [4.69, 9.17) is 9.47 Å². The van der Waals surface area contributed by atoms with Gasteiger partial charge >= 0.3 is 0 Å². The van der Waals surface area contributed by atoms with Gasteiger partial charge in [0.15, 0.2) is 0 Å². The summed E-state index contributed by atoms with van der Waals surface area (Å²) < 4.78 is 11.7. The summed E-state index contributed by atoms with van der Waals surface area (Å²) in [6.07, 6.45) is 5.84. The molecule has 168 valence electrons. The lowest BCUT2D eigenvalue weighted by atomic mass is 9.89. The standard InChI is InChI=1S/C27H32N2O3/c1-3-12-29-21-7-8-22(29)14-25(18-4-9-23(31-2)10-5-18)20(13-21)17-32-24-11-6-19-16-28-27(30)26(19)15-24/h4-6,9-11,15,21-22H,3,7-8,12-14,16-17H2,1-2H3,(H,28,30)/t21-,22+/m1/s1. The van der Waals surface area contributed by atoms with Crippen molar-refractivity contribution in [3.05, 3.63) is 64.7 Å². The molecule has 5 nitrogen and oxygen atoms in total. The van der Waals surface area contributed by atoms with Gasteiger partial charge in [-0.1, -0.05) is 25.1 Å². The van der Waals surface area contributed by atoms with Gasteiger partial charge in [0.1, 0.15) is 18.1 Å². The summed E-state index contributed by atoms with van der Waals surface area (Å²) in [7, 11) is 1.71. The van der Waals surface area contributed by atoms with Crippen LogP contribution in [0.15, 0.2) is 48.0 Å². The SMILES string of the molecule is CCCN1[C@@H]2CC[C@H]1CC(c1ccc(OC)cc1)=C(COc1ccc3c(c1)C(=O)NC3)C2. The molecule has 0 unspecified atom stereocenters. The fourth-order valence-corrected chi connectivity index (χ4v) is 5.58. The van der Waals surface area contributed by atoms with Crippen LogP contribution in [0.3, 0.4) is 0 Å². The van der Waals surface area contributed by atoms with Crippen molar-refractivity contribution in [1.82, 2.24) is 10.2 Å². The van der Waals surface area contributed by atoms with Gasteiger partial charge in [0.25, 0.3) is 5.91 Å². The Kier molecular flexibility index (Phi) is 5.92. The Labute approximate surface area is 190 Å². The van der Waals surface area contributed by atoms with E-state index in [9.17, 15) is 4.79 Å². The van der Waals surface area contributed by atoms with Gasteiger partial charge in [-0.15, -0.1) is 0 Å². The topological polar surface area (TPSA) is 50.8 Å². The van der Waals surface area contributed by atoms with E-state index >= 15 is 0 Å². The molecule has 3 heterocycles. The van der Waals surface area contributed by atoms with Crippen LogP contribution in [0.25, 0.3) is 5.57 Å². The first kappa shape index (κ1) is 21.1. The molecule has 0 aliphatic carbocycles. The minimum atomic E-state index is -0.00873. The van der Waals surface area contributed by atoms with E-state index in [-0.39, 0.29) is 5.91 Å².